The van der Waals surface area contributed by atoms with Gasteiger partial charge in [0.1, 0.15) is 5.82 Å². The highest BCUT2D eigenvalue weighted by Crippen LogP contribution is 2.08. The van der Waals surface area contributed by atoms with Gasteiger partial charge >= 0.3 is 0 Å². The van der Waals surface area contributed by atoms with Gasteiger partial charge in [-0.1, -0.05) is 6.07 Å². The number of aliphatic hydroxyl groups is 1. The van der Waals surface area contributed by atoms with Crippen LogP contribution in [0.15, 0.2) is 24.3 Å². The van der Waals surface area contributed by atoms with Crippen LogP contribution in [-0.4, -0.2) is 30.7 Å². The molecule has 0 saturated carbocycles. The van der Waals surface area contributed by atoms with E-state index in [-0.39, 0.29) is 24.9 Å². The smallest absolute Gasteiger partial charge is 0.238 e. The predicted molar refractivity (Wildman–Crippen MR) is 59.6 cm³/mol. The van der Waals surface area contributed by atoms with Gasteiger partial charge in [0.25, 0.3) is 0 Å². The van der Waals surface area contributed by atoms with Crippen LogP contribution in [0.1, 0.15) is 6.42 Å². The average Bonchev–Trinajstić information content (AvgIpc) is 2.24. The van der Waals surface area contributed by atoms with Crippen molar-refractivity contribution in [1.82, 2.24) is 5.32 Å². The molecule has 0 aliphatic carbocycles. The monoisotopic (exact) mass is 226 g/mol. The zero-order valence-electron chi connectivity index (χ0n) is 8.87. The van der Waals surface area contributed by atoms with Gasteiger partial charge in [-0.15, -0.1) is 0 Å². The minimum Gasteiger partial charge on any atom is -0.396 e. The summed E-state index contributed by atoms with van der Waals surface area (Å²) in [6.45, 7) is 0.822. The largest absolute Gasteiger partial charge is 0.396 e. The number of carbonyl (C=O) groups is 1. The van der Waals surface area contributed by atoms with E-state index < -0.39 is 0 Å². The fourth-order valence-electron chi connectivity index (χ4n) is 1.18. The summed E-state index contributed by atoms with van der Waals surface area (Å²) >= 11 is 0. The molecule has 0 radical (unpaired) electrons. The molecule has 0 aliphatic rings. The Morgan fingerprint density at radius 3 is 2.94 bits per heavy atom. The molecule has 0 saturated heterocycles. The van der Waals surface area contributed by atoms with Gasteiger partial charge in [-0.3, -0.25) is 4.79 Å². The SMILES string of the molecule is O=C(CNCCCO)Nc1cccc(F)c1. The van der Waals surface area contributed by atoms with E-state index in [0.717, 1.165) is 0 Å². The maximum Gasteiger partial charge on any atom is 0.238 e. The summed E-state index contributed by atoms with van der Waals surface area (Å²) in [4.78, 5) is 11.3. The number of rotatable bonds is 6. The molecule has 0 aromatic heterocycles. The number of anilines is 1. The average molecular weight is 226 g/mol. The van der Waals surface area contributed by atoms with Crippen molar-refractivity contribution in [2.45, 2.75) is 6.42 Å². The lowest BCUT2D eigenvalue weighted by atomic mass is 10.3. The molecular weight excluding hydrogens is 211 g/mol. The van der Waals surface area contributed by atoms with Crippen LogP contribution in [0.3, 0.4) is 0 Å². The maximum absolute atomic E-state index is 12.8. The van der Waals surface area contributed by atoms with Gasteiger partial charge in [-0.25, -0.2) is 4.39 Å². The van der Waals surface area contributed by atoms with Gasteiger partial charge < -0.3 is 15.7 Å². The quantitative estimate of drug-likeness (QED) is 0.627. The van der Waals surface area contributed by atoms with Crippen LogP contribution in [0.5, 0.6) is 0 Å². The highest BCUT2D eigenvalue weighted by atomic mass is 19.1. The summed E-state index contributed by atoms with van der Waals surface area (Å²) < 4.78 is 12.8. The van der Waals surface area contributed by atoms with Crippen LogP contribution in [0.4, 0.5) is 10.1 Å². The number of benzene rings is 1. The van der Waals surface area contributed by atoms with E-state index in [0.29, 0.717) is 18.7 Å². The zero-order valence-corrected chi connectivity index (χ0v) is 8.87. The Labute approximate surface area is 93.5 Å². The fraction of sp³-hybridized carbons (Fsp3) is 0.364. The molecule has 4 nitrogen and oxygen atoms in total. The fourth-order valence-corrected chi connectivity index (χ4v) is 1.18. The van der Waals surface area contributed by atoms with Gasteiger partial charge in [-0.2, -0.15) is 0 Å². The van der Waals surface area contributed by atoms with Crippen LogP contribution in [-0.2, 0) is 4.79 Å². The molecular formula is C11H15FN2O2. The van der Waals surface area contributed by atoms with E-state index in [2.05, 4.69) is 10.6 Å². The summed E-state index contributed by atoms with van der Waals surface area (Å²) in [5.41, 5.74) is 0.439. The lowest BCUT2D eigenvalue weighted by Gasteiger charge is -2.06. The third-order valence-electron chi connectivity index (χ3n) is 1.91. The van der Waals surface area contributed by atoms with Gasteiger partial charge in [0, 0.05) is 12.3 Å². The summed E-state index contributed by atoms with van der Waals surface area (Å²) in [6.07, 6.45) is 0.604. The molecule has 0 bridgehead atoms. The normalized spacial score (nSPS) is 10.1. The van der Waals surface area contributed by atoms with E-state index in [9.17, 15) is 9.18 Å². The first kappa shape index (κ1) is 12.6. The van der Waals surface area contributed by atoms with Crippen molar-refractivity contribution in [3.8, 4) is 0 Å². The number of carbonyl (C=O) groups excluding carboxylic acids is 1. The van der Waals surface area contributed by atoms with E-state index >= 15 is 0 Å². The molecule has 1 aromatic rings. The topological polar surface area (TPSA) is 61.4 Å². The van der Waals surface area contributed by atoms with E-state index in [4.69, 9.17) is 5.11 Å². The number of halogens is 1. The summed E-state index contributed by atoms with van der Waals surface area (Å²) in [7, 11) is 0. The molecule has 16 heavy (non-hydrogen) atoms. The Morgan fingerprint density at radius 2 is 2.25 bits per heavy atom. The first-order chi connectivity index (χ1) is 7.72. The lowest BCUT2D eigenvalue weighted by Crippen LogP contribution is -2.29. The first-order valence-corrected chi connectivity index (χ1v) is 5.09. The molecule has 0 aliphatic heterocycles. The number of amides is 1. The van der Waals surface area contributed by atoms with E-state index in [1.165, 1.54) is 18.2 Å². The van der Waals surface area contributed by atoms with Gasteiger partial charge in [-0.05, 0) is 31.2 Å². The molecule has 0 heterocycles. The number of nitrogens with one attached hydrogen (secondary N) is 2. The second kappa shape index (κ2) is 6.92. The number of hydrogen-bond donors (Lipinski definition) is 3. The van der Waals surface area contributed by atoms with Crippen molar-refractivity contribution < 1.29 is 14.3 Å². The molecule has 0 unspecified atom stereocenters. The van der Waals surface area contributed by atoms with Crippen LogP contribution in [0.2, 0.25) is 0 Å². The van der Waals surface area contributed by atoms with Crippen molar-refractivity contribution in [2.24, 2.45) is 0 Å². The molecule has 0 atom stereocenters. The Kier molecular flexibility index (Phi) is 5.45. The van der Waals surface area contributed by atoms with Crippen LogP contribution >= 0.6 is 0 Å². The highest BCUT2D eigenvalue weighted by molar-refractivity contribution is 5.92. The molecule has 5 heteroatoms. The summed E-state index contributed by atoms with van der Waals surface area (Å²) in [6, 6.07) is 5.72. The van der Waals surface area contributed by atoms with Crippen molar-refractivity contribution in [3.63, 3.8) is 0 Å². The van der Waals surface area contributed by atoms with Crippen LogP contribution in [0, 0.1) is 5.82 Å². The second-order valence-electron chi connectivity index (χ2n) is 3.31. The first-order valence-electron chi connectivity index (χ1n) is 5.09. The van der Waals surface area contributed by atoms with Crippen molar-refractivity contribution in [2.75, 3.05) is 25.0 Å². The summed E-state index contributed by atoms with van der Waals surface area (Å²) in [5, 5.41) is 13.9. The third-order valence-corrected chi connectivity index (χ3v) is 1.91. The Morgan fingerprint density at radius 1 is 1.44 bits per heavy atom. The predicted octanol–water partition coefficient (Wildman–Crippen LogP) is 0.736. The minimum atomic E-state index is -0.383. The Bertz CT molecular complexity index is 345. The maximum atomic E-state index is 12.8. The standard InChI is InChI=1S/C11H15FN2O2/c12-9-3-1-4-10(7-9)14-11(16)8-13-5-2-6-15/h1,3-4,7,13,15H,2,5-6,8H2,(H,14,16). The molecule has 0 fully saturated rings. The van der Waals surface area contributed by atoms with Gasteiger partial charge in [0.15, 0.2) is 0 Å². The highest BCUT2D eigenvalue weighted by Gasteiger charge is 2.01. The lowest BCUT2D eigenvalue weighted by molar-refractivity contribution is -0.115. The minimum absolute atomic E-state index is 0.0957. The van der Waals surface area contributed by atoms with E-state index in [1.807, 2.05) is 0 Å². The van der Waals surface area contributed by atoms with Gasteiger partial charge in [0.2, 0.25) is 5.91 Å². The second-order valence-corrected chi connectivity index (χ2v) is 3.31. The molecule has 1 amide bonds. The molecule has 0 spiro atoms. The number of hydrogen-bond acceptors (Lipinski definition) is 3. The van der Waals surface area contributed by atoms with Crippen molar-refractivity contribution >= 4 is 11.6 Å². The molecule has 3 N–H and O–H groups in total. The van der Waals surface area contributed by atoms with E-state index in [1.54, 1.807) is 6.07 Å². The molecule has 88 valence electrons. The van der Waals surface area contributed by atoms with Gasteiger partial charge in [0.05, 0.1) is 6.54 Å². The Balaban J connectivity index is 2.29. The molecule has 1 rings (SSSR count). The van der Waals surface area contributed by atoms with Crippen molar-refractivity contribution in [3.05, 3.63) is 30.1 Å². The third kappa shape index (κ3) is 4.86. The Hall–Kier alpha value is -1.46. The van der Waals surface area contributed by atoms with Crippen LogP contribution < -0.4 is 10.6 Å². The zero-order chi connectivity index (χ0) is 11.8. The van der Waals surface area contributed by atoms with Crippen molar-refractivity contribution in [1.29, 1.82) is 0 Å². The molecule has 1 aromatic carbocycles. The van der Waals surface area contributed by atoms with Crippen LogP contribution in [0.25, 0.3) is 0 Å². The summed E-state index contributed by atoms with van der Waals surface area (Å²) in [5.74, 6) is -0.616. The number of aliphatic hydroxyl groups excluding tert-OH is 1.